The Morgan fingerprint density at radius 3 is 2.45 bits per heavy atom. The van der Waals surface area contributed by atoms with E-state index in [4.69, 9.17) is 0 Å². The van der Waals surface area contributed by atoms with Gasteiger partial charge in [0.15, 0.2) is 0 Å². The fourth-order valence-electron chi connectivity index (χ4n) is 3.70. The molecule has 0 radical (unpaired) electrons. The summed E-state index contributed by atoms with van der Waals surface area (Å²) in [4.78, 5) is 14.8. The van der Waals surface area contributed by atoms with Gasteiger partial charge in [-0.05, 0) is 50.5 Å². The molecule has 1 aliphatic heterocycles. The number of anilines is 1. The highest BCUT2D eigenvalue weighted by molar-refractivity contribution is 9.10. The van der Waals surface area contributed by atoms with Gasteiger partial charge >= 0.3 is 0 Å². The van der Waals surface area contributed by atoms with Crippen LogP contribution in [0.25, 0.3) is 5.13 Å². The summed E-state index contributed by atoms with van der Waals surface area (Å²) in [5.41, 5.74) is 3.41. The molecule has 2 aromatic heterocycles. The minimum atomic E-state index is 0.0510. The van der Waals surface area contributed by atoms with Crippen molar-refractivity contribution in [3.8, 4) is 5.13 Å². The Hall–Kier alpha value is -2.19. The van der Waals surface area contributed by atoms with Crippen LogP contribution in [0.5, 0.6) is 0 Å². The molecule has 8 heteroatoms. The van der Waals surface area contributed by atoms with Crippen molar-refractivity contribution in [3.05, 3.63) is 57.8 Å². The number of carbonyl (C=O) groups is 1. The number of hydrogen-bond donors (Lipinski definition) is 1. The summed E-state index contributed by atoms with van der Waals surface area (Å²) in [6.45, 7) is 6.35. The van der Waals surface area contributed by atoms with Crippen molar-refractivity contribution < 1.29 is 4.79 Å². The number of hydrogen-bond acceptors (Lipinski definition) is 5. The summed E-state index contributed by atoms with van der Waals surface area (Å²) >= 11 is 5.13. The number of piperidine rings is 1. The summed E-state index contributed by atoms with van der Waals surface area (Å²) in [5, 5.41) is 13.7. The molecule has 1 saturated heterocycles. The van der Waals surface area contributed by atoms with Crippen molar-refractivity contribution in [3.63, 3.8) is 0 Å². The van der Waals surface area contributed by atoms with Crippen molar-refractivity contribution in [2.45, 2.75) is 33.2 Å². The van der Waals surface area contributed by atoms with E-state index in [0.29, 0.717) is 6.54 Å². The highest BCUT2D eigenvalue weighted by atomic mass is 79.9. The van der Waals surface area contributed by atoms with Gasteiger partial charge in [0.05, 0.1) is 0 Å². The van der Waals surface area contributed by atoms with Gasteiger partial charge in [-0.3, -0.25) is 9.36 Å². The zero-order chi connectivity index (χ0) is 20.4. The molecule has 152 valence electrons. The van der Waals surface area contributed by atoms with Crippen LogP contribution in [0.2, 0.25) is 0 Å². The topological polar surface area (TPSA) is 63.1 Å². The lowest BCUT2D eigenvalue weighted by Crippen LogP contribution is -2.40. The van der Waals surface area contributed by atoms with Gasteiger partial charge in [-0.1, -0.05) is 45.5 Å². The second-order valence-corrected chi connectivity index (χ2v) is 9.18. The lowest BCUT2D eigenvalue weighted by Gasteiger charge is -2.30. The number of nitrogens with zero attached hydrogens (tertiary/aromatic N) is 4. The van der Waals surface area contributed by atoms with Gasteiger partial charge in [0.25, 0.3) is 0 Å². The van der Waals surface area contributed by atoms with Crippen molar-refractivity contribution in [2.75, 3.05) is 18.0 Å². The van der Waals surface area contributed by atoms with Crippen LogP contribution in [0.15, 0.2) is 40.9 Å². The highest BCUT2D eigenvalue weighted by Crippen LogP contribution is 2.29. The zero-order valence-corrected chi connectivity index (χ0v) is 19.0. The van der Waals surface area contributed by atoms with Crippen LogP contribution in [0.3, 0.4) is 0 Å². The Balaban J connectivity index is 1.33. The normalized spacial score (nSPS) is 14.9. The van der Waals surface area contributed by atoms with E-state index < -0.39 is 0 Å². The third-order valence-corrected chi connectivity index (χ3v) is 7.16. The molecule has 1 aliphatic rings. The third-order valence-electron chi connectivity index (χ3n) is 5.41. The third kappa shape index (κ3) is 4.38. The molecular weight excluding hydrogens is 450 g/mol. The molecule has 0 bridgehead atoms. The maximum absolute atomic E-state index is 12.6. The van der Waals surface area contributed by atoms with Crippen molar-refractivity contribution in [2.24, 2.45) is 5.92 Å². The molecule has 1 amide bonds. The molecule has 1 fully saturated rings. The Morgan fingerprint density at radius 2 is 1.76 bits per heavy atom. The summed E-state index contributed by atoms with van der Waals surface area (Å²) < 4.78 is 3.15. The van der Waals surface area contributed by atoms with Crippen LogP contribution in [-0.4, -0.2) is 33.8 Å². The van der Waals surface area contributed by atoms with Crippen LogP contribution in [0.1, 0.15) is 29.8 Å². The Kier molecular flexibility index (Phi) is 6.01. The smallest absolute Gasteiger partial charge is 0.223 e. The zero-order valence-electron chi connectivity index (χ0n) is 16.6. The standard InChI is InChI=1S/C21H24BrN5OS/c1-14-7-8-15(2)27(14)21-25-24-20(29-21)26-11-9-16(10-12-26)19(28)23-13-17-5-3-4-6-18(17)22/h3-8,16H,9-13H2,1-2H3,(H,23,28). The average Bonchev–Trinajstić information content (AvgIpc) is 3.33. The van der Waals surface area contributed by atoms with Crippen LogP contribution < -0.4 is 10.2 Å². The molecule has 6 nitrogen and oxygen atoms in total. The number of aromatic nitrogens is 3. The van der Waals surface area contributed by atoms with E-state index in [2.05, 4.69) is 66.9 Å². The molecule has 3 heterocycles. The van der Waals surface area contributed by atoms with Gasteiger partial charge in [-0.2, -0.15) is 0 Å². The Morgan fingerprint density at radius 1 is 1.10 bits per heavy atom. The number of carbonyl (C=O) groups excluding carboxylic acids is 1. The van der Waals surface area contributed by atoms with E-state index in [9.17, 15) is 4.79 Å². The lowest BCUT2D eigenvalue weighted by atomic mass is 9.96. The first kappa shape index (κ1) is 20.1. The largest absolute Gasteiger partial charge is 0.352 e. The molecule has 1 aromatic carbocycles. The minimum absolute atomic E-state index is 0.0510. The maximum atomic E-state index is 12.6. The first-order valence-corrected chi connectivity index (χ1v) is 11.4. The van der Waals surface area contributed by atoms with Gasteiger partial charge < -0.3 is 10.2 Å². The SMILES string of the molecule is Cc1ccc(C)n1-c1nnc(N2CCC(C(=O)NCc3ccccc3Br)CC2)s1. The summed E-state index contributed by atoms with van der Waals surface area (Å²) in [5.74, 6) is 0.187. The quantitative estimate of drug-likeness (QED) is 0.601. The molecule has 0 atom stereocenters. The molecule has 0 unspecified atom stereocenters. The second kappa shape index (κ2) is 8.67. The molecule has 4 rings (SSSR count). The molecule has 0 spiro atoms. The summed E-state index contributed by atoms with van der Waals surface area (Å²) in [6.07, 6.45) is 1.66. The number of amides is 1. The van der Waals surface area contributed by atoms with Crippen molar-refractivity contribution in [1.29, 1.82) is 0 Å². The van der Waals surface area contributed by atoms with E-state index in [1.165, 1.54) is 0 Å². The van der Waals surface area contributed by atoms with Crippen LogP contribution in [-0.2, 0) is 11.3 Å². The molecule has 1 N–H and O–H groups in total. The second-order valence-electron chi connectivity index (χ2n) is 7.39. The maximum Gasteiger partial charge on any atom is 0.223 e. The Labute approximate surface area is 183 Å². The first-order chi connectivity index (χ1) is 14.0. The van der Waals surface area contributed by atoms with Crippen molar-refractivity contribution in [1.82, 2.24) is 20.1 Å². The predicted octanol–water partition coefficient (Wildman–Crippen LogP) is 4.24. The predicted molar refractivity (Wildman–Crippen MR) is 120 cm³/mol. The van der Waals surface area contributed by atoms with Crippen LogP contribution >= 0.6 is 27.3 Å². The number of benzene rings is 1. The van der Waals surface area contributed by atoms with Crippen LogP contribution in [0, 0.1) is 19.8 Å². The molecule has 29 heavy (non-hydrogen) atoms. The highest BCUT2D eigenvalue weighted by Gasteiger charge is 2.27. The van der Waals surface area contributed by atoms with E-state index >= 15 is 0 Å². The Bertz CT molecular complexity index is 987. The molecule has 0 aliphatic carbocycles. The van der Waals surface area contributed by atoms with Gasteiger partial charge in [0.2, 0.25) is 16.2 Å². The van der Waals surface area contributed by atoms with Gasteiger partial charge in [0, 0.05) is 41.4 Å². The monoisotopic (exact) mass is 473 g/mol. The molecule has 0 saturated carbocycles. The van der Waals surface area contributed by atoms with Gasteiger partial charge in [0.1, 0.15) is 0 Å². The van der Waals surface area contributed by atoms with E-state index in [-0.39, 0.29) is 11.8 Å². The van der Waals surface area contributed by atoms with Gasteiger partial charge in [-0.15, -0.1) is 10.2 Å². The lowest BCUT2D eigenvalue weighted by molar-refractivity contribution is -0.125. The number of halogens is 1. The summed E-state index contributed by atoms with van der Waals surface area (Å²) in [6, 6.07) is 12.2. The van der Waals surface area contributed by atoms with E-state index in [1.807, 2.05) is 24.3 Å². The number of nitrogens with one attached hydrogen (secondary N) is 1. The number of aryl methyl sites for hydroxylation is 2. The first-order valence-electron chi connectivity index (χ1n) is 9.78. The van der Waals surface area contributed by atoms with E-state index in [0.717, 1.165) is 57.6 Å². The average molecular weight is 474 g/mol. The molecular formula is C21H24BrN5OS. The van der Waals surface area contributed by atoms with E-state index in [1.54, 1.807) is 11.3 Å². The van der Waals surface area contributed by atoms with Crippen LogP contribution in [0.4, 0.5) is 5.13 Å². The molecule has 3 aromatic rings. The fourth-order valence-corrected chi connectivity index (χ4v) is 5.14. The fraction of sp³-hybridized carbons (Fsp3) is 0.381. The van der Waals surface area contributed by atoms with Crippen molar-refractivity contribution >= 4 is 38.3 Å². The minimum Gasteiger partial charge on any atom is -0.352 e. The number of rotatable bonds is 5. The summed E-state index contributed by atoms with van der Waals surface area (Å²) in [7, 11) is 0. The van der Waals surface area contributed by atoms with Gasteiger partial charge in [-0.25, -0.2) is 0 Å².